The molecule has 4 aliphatic heterocycles. The van der Waals surface area contributed by atoms with E-state index in [1.54, 1.807) is 20.8 Å². The van der Waals surface area contributed by atoms with E-state index in [0.717, 1.165) is 92.8 Å². The number of benzene rings is 8. The Hall–Kier alpha value is -10.9. The predicted molar refractivity (Wildman–Crippen MR) is 500 cm³/mol. The molecule has 0 amide bonds. The highest BCUT2D eigenvalue weighted by molar-refractivity contribution is 5.82. The topological polar surface area (TPSA) is 164 Å². The van der Waals surface area contributed by atoms with Crippen LogP contribution in [0.25, 0.3) is 0 Å². The number of fused-ring (bicyclic) bond motifs is 4. The third kappa shape index (κ3) is 19.9. The highest BCUT2D eigenvalue weighted by Gasteiger charge is 2.58. The van der Waals surface area contributed by atoms with E-state index < -0.39 is 28.7 Å². The number of carboxylic acid groups (broad SMARTS) is 2. The molecule has 0 saturated heterocycles. The lowest BCUT2D eigenvalue weighted by Crippen LogP contribution is -2.36. The number of ether oxygens (including phenoxy) is 6. The largest absolute Gasteiger partial charge is 0.487 e. The molecule has 2 unspecified atom stereocenters. The lowest BCUT2D eigenvalue weighted by atomic mass is 9.75. The molecule has 8 saturated carbocycles. The van der Waals surface area contributed by atoms with Crippen molar-refractivity contribution in [1.29, 1.82) is 0 Å². The Morgan fingerprint density at radius 1 is 0.381 bits per heavy atom. The first-order valence-electron chi connectivity index (χ1n) is 46.0. The fourth-order valence-corrected chi connectivity index (χ4v) is 19.4. The van der Waals surface area contributed by atoms with Crippen LogP contribution in [0.15, 0.2) is 146 Å². The number of terminal acetylenes is 2. The van der Waals surface area contributed by atoms with Crippen molar-refractivity contribution in [3.05, 3.63) is 257 Å². The molecule has 12 aliphatic rings. The van der Waals surface area contributed by atoms with E-state index in [1.807, 2.05) is 132 Å². The third-order valence-electron chi connectivity index (χ3n) is 28.6. The number of carboxylic acids is 2. The number of hydrogen-bond acceptors (Lipinski definition) is 10. The van der Waals surface area contributed by atoms with Gasteiger partial charge in [0.1, 0.15) is 45.4 Å². The van der Waals surface area contributed by atoms with Gasteiger partial charge in [0.05, 0.1) is 36.9 Å². The van der Waals surface area contributed by atoms with Crippen LogP contribution in [-0.4, -0.2) is 70.7 Å². The molecule has 12 heteroatoms. The average Bonchev–Trinajstić information content (AvgIpc) is 1.57. The Labute approximate surface area is 749 Å². The van der Waals surface area contributed by atoms with Gasteiger partial charge in [-0.3, -0.25) is 19.2 Å². The van der Waals surface area contributed by atoms with Crippen molar-refractivity contribution < 1.29 is 57.8 Å². The van der Waals surface area contributed by atoms with Crippen molar-refractivity contribution in [2.75, 3.05) is 14.2 Å². The van der Waals surface area contributed by atoms with Crippen molar-refractivity contribution in [1.82, 2.24) is 0 Å². The first-order chi connectivity index (χ1) is 59.5. The van der Waals surface area contributed by atoms with Gasteiger partial charge in [-0.25, -0.2) is 0 Å². The number of carbonyl (C=O) groups excluding carboxylic acids is 2. The summed E-state index contributed by atoms with van der Waals surface area (Å²) in [6.45, 7) is 33.5. The summed E-state index contributed by atoms with van der Waals surface area (Å²) in [5.41, 5.74) is 22.1. The Bertz CT molecular complexity index is 5640. The van der Waals surface area contributed by atoms with Crippen LogP contribution < -0.4 is 18.9 Å². The van der Waals surface area contributed by atoms with Gasteiger partial charge >= 0.3 is 23.9 Å². The summed E-state index contributed by atoms with van der Waals surface area (Å²) in [6, 6.07) is 48.6. The number of carbonyl (C=O) groups is 4. The number of hydrogen-bond donors (Lipinski definition) is 2. The third-order valence-corrected chi connectivity index (χ3v) is 28.6. The van der Waals surface area contributed by atoms with Gasteiger partial charge in [0.2, 0.25) is 0 Å². The summed E-state index contributed by atoms with van der Waals surface area (Å²) < 4.78 is 35.4. The standard InChI is InChI=1S/C28H30O3.C27H28O3.2C18H20O.C12H16O2.C11H14O2/c1-26(2)17-28(13-14-28)31-24-22(20-9-10-20)15-19(16-23(24)26)6-5-18-7-11-21(12-8-18)27(3,4)25(29)30;1-17(25(28)29)20-8-6-18(7-9-20)4-5-19-14-22(21-10-11-21)24-23(15-19)26(2,3)16-27(30-24)12-13-27;2*1-4-12-9-14(13-5-6-13)16-15(10-12)17(2,3)11-18(19-16)7-8-18;1-9-5-7-10(8-6-9)12(2,3)11(13)14-4;1-8-4-6-10(7-5-8)9(2)11(12)13-3/h7-8,11-12,15-16,20H,9-10,13-14,17H2,1-4H3,(H,29,30);6-9,14-15,17,21H,10-13,16H2,1-3H3,(H,28,29);2*1,9-10,13H,5-8,11H2,2-3H3;5-8H,1-4H3;4-7,9H,1-3H3. The summed E-state index contributed by atoms with van der Waals surface area (Å²) in [7, 11) is 2.82. The molecule has 2 N–H and O–H groups in total. The first-order valence-corrected chi connectivity index (χ1v) is 46.0. The predicted octanol–water partition coefficient (Wildman–Crippen LogP) is 24.7. The fraction of sp³-hybridized carbons (Fsp3) is 0.474. The van der Waals surface area contributed by atoms with Crippen molar-refractivity contribution in [2.45, 2.75) is 330 Å². The number of methoxy groups -OCH3 is 2. The molecule has 8 aliphatic carbocycles. The second kappa shape index (κ2) is 34.0. The molecular weight excluding hydrogens is 1560 g/mol. The van der Waals surface area contributed by atoms with Crippen LogP contribution in [0, 0.1) is 62.2 Å². The summed E-state index contributed by atoms with van der Waals surface area (Å²) >= 11 is 0. The summed E-state index contributed by atoms with van der Waals surface area (Å²) in [4.78, 5) is 45.3. The Balaban J connectivity index is 0.000000120. The molecule has 8 aromatic rings. The van der Waals surface area contributed by atoms with E-state index in [1.165, 1.54) is 184 Å². The zero-order valence-electron chi connectivity index (χ0n) is 77.6. The lowest BCUT2D eigenvalue weighted by molar-refractivity contribution is -0.146. The lowest BCUT2D eigenvalue weighted by Gasteiger charge is -2.39. The van der Waals surface area contributed by atoms with Crippen LogP contribution in [0.4, 0.5) is 0 Å². The zero-order chi connectivity index (χ0) is 90.2. The smallest absolute Gasteiger partial charge is 0.315 e. The number of rotatable bonds is 12. The molecule has 2 atom stereocenters. The van der Waals surface area contributed by atoms with Crippen molar-refractivity contribution in [2.24, 2.45) is 0 Å². The molecule has 12 nitrogen and oxygen atoms in total. The molecule has 8 fully saturated rings. The number of esters is 2. The van der Waals surface area contributed by atoms with Crippen molar-refractivity contribution in [3.8, 4) is 71.4 Å². The van der Waals surface area contributed by atoms with Gasteiger partial charge < -0.3 is 38.6 Å². The van der Waals surface area contributed by atoms with E-state index in [0.29, 0.717) is 23.7 Å². The normalized spacial score (nSPS) is 20.1. The highest BCUT2D eigenvalue weighted by Crippen LogP contribution is 2.63. The van der Waals surface area contributed by atoms with Gasteiger partial charge in [0, 0.05) is 55.6 Å². The average molecular weight is 1690 g/mol. The molecule has 0 aromatic heterocycles. The minimum absolute atomic E-state index is 0.0822. The summed E-state index contributed by atoms with van der Waals surface area (Å²) in [5.74, 6) is 23.4. The van der Waals surface area contributed by atoms with E-state index >= 15 is 0 Å². The fourth-order valence-electron chi connectivity index (χ4n) is 19.4. The molecule has 4 spiro atoms. The van der Waals surface area contributed by atoms with Gasteiger partial charge in [-0.15, -0.1) is 12.8 Å². The molecule has 656 valence electrons. The second-order valence-corrected chi connectivity index (χ2v) is 42.4. The monoisotopic (exact) mass is 1690 g/mol. The van der Waals surface area contributed by atoms with Gasteiger partial charge in [-0.1, -0.05) is 175 Å². The molecule has 126 heavy (non-hydrogen) atoms. The van der Waals surface area contributed by atoms with Crippen molar-refractivity contribution >= 4 is 23.9 Å². The number of aliphatic carboxylic acids is 2. The van der Waals surface area contributed by atoms with Gasteiger partial charge in [0.15, 0.2) is 0 Å². The SMILES string of the molecule is C#Cc1cc(C2CC2)c2c(c1)C(C)(C)CC1(CC1)O2.C#Cc1cc(C2CC2)c2c(c1)C(C)(C)CC1(CC1)O2.CC(C(=O)O)c1ccc(C#Cc2cc(C3CC3)c3c(c2)C(C)(C)CC2(CC2)O3)cc1.CC1(C)CC2(CC2)Oc2c(C3CC3)cc(C#Cc3ccc(C(C)(C)C(=O)O)cc3)cc21.COC(=O)C(C)(C)c1ccc(C)cc1.COC(=O)C(C)c1ccc(C)cc1. The van der Waals surface area contributed by atoms with Crippen LogP contribution in [0.5, 0.6) is 23.0 Å². The van der Waals surface area contributed by atoms with Crippen LogP contribution >= 0.6 is 0 Å². The van der Waals surface area contributed by atoms with Crippen molar-refractivity contribution in [3.63, 3.8) is 0 Å². The molecule has 4 heterocycles. The maximum absolute atomic E-state index is 11.5. The molecular formula is C114H128O12. The van der Waals surface area contributed by atoms with Crippen LogP contribution in [-0.2, 0) is 61.1 Å². The Morgan fingerprint density at radius 3 is 0.937 bits per heavy atom. The minimum Gasteiger partial charge on any atom is -0.487 e. The number of aryl methyl sites for hydroxylation is 2. The van der Waals surface area contributed by atoms with Gasteiger partial charge in [-0.2, -0.15) is 0 Å². The quantitative estimate of drug-likeness (QED) is 0.0880. The summed E-state index contributed by atoms with van der Waals surface area (Å²) in [5, 5.41) is 18.6. The zero-order valence-corrected chi connectivity index (χ0v) is 77.6. The summed E-state index contributed by atoms with van der Waals surface area (Å²) in [6.07, 6.45) is 35.4. The second-order valence-electron chi connectivity index (χ2n) is 42.4. The molecule has 0 bridgehead atoms. The van der Waals surface area contributed by atoms with E-state index in [9.17, 15) is 24.3 Å². The van der Waals surface area contributed by atoms with Gasteiger partial charge in [-0.05, 0) is 346 Å². The van der Waals surface area contributed by atoms with Crippen LogP contribution in [0.1, 0.15) is 372 Å². The highest BCUT2D eigenvalue weighted by atomic mass is 16.5. The van der Waals surface area contributed by atoms with Crippen LogP contribution in [0.2, 0.25) is 0 Å². The van der Waals surface area contributed by atoms with E-state index in [-0.39, 0.29) is 61.9 Å². The van der Waals surface area contributed by atoms with Gasteiger partial charge in [0.25, 0.3) is 0 Å². The Kier molecular flexibility index (Phi) is 24.3. The maximum atomic E-state index is 11.5. The first kappa shape index (κ1) is 89.9. The maximum Gasteiger partial charge on any atom is 0.315 e. The molecule has 0 radical (unpaired) electrons. The van der Waals surface area contributed by atoms with E-state index in [2.05, 4.69) is 144 Å². The molecule has 20 rings (SSSR count). The molecule has 8 aromatic carbocycles. The minimum atomic E-state index is -0.909. The van der Waals surface area contributed by atoms with Crippen LogP contribution in [0.3, 0.4) is 0 Å². The van der Waals surface area contributed by atoms with E-state index in [4.69, 9.17) is 41.6 Å². The Morgan fingerprint density at radius 2 is 0.651 bits per heavy atom.